The molecule has 1 heterocycles. The third kappa shape index (κ3) is 2.06. The number of amidine groups is 1. The normalized spacial score (nSPS) is 9.64. The van der Waals surface area contributed by atoms with Gasteiger partial charge in [-0.25, -0.2) is 4.98 Å². The van der Waals surface area contributed by atoms with Crippen molar-refractivity contribution in [3.63, 3.8) is 0 Å². The van der Waals surface area contributed by atoms with E-state index >= 15 is 0 Å². The first-order chi connectivity index (χ1) is 5.09. The van der Waals surface area contributed by atoms with E-state index in [1.54, 1.807) is 12.1 Å². The van der Waals surface area contributed by atoms with Crippen LogP contribution in [0.3, 0.4) is 0 Å². The van der Waals surface area contributed by atoms with E-state index in [9.17, 15) is 0 Å². The molecule has 0 aliphatic rings. The molecule has 1 aromatic rings. The Balaban J connectivity index is 3.19. The van der Waals surface area contributed by atoms with Gasteiger partial charge in [-0.1, -0.05) is 23.2 Å². The average molecular weight is 191 g/mol. The van der Waals surface area contributed by atoms with Crippen LogP contribution in [0.1, 0.15) is 5.56 Å². The molecule has 0 atom stereocenters. The lowest BCUT2D eigenvalue weighted by Gasteiger charge is -1.94. The van der Waals surface area contributed by atoms with Gasteiger partial charge in [0.15, 0.2) is 0 Å². The highest BCUT2D eigenvalue weighted by atomic mass is 35.5. The zero-order valence-corrected chi connectivity index (χ0v) is 7.02. The molecule has 0 bridgehead atoms. The summed E-state index contributed by atoms with van der Waals surface area (Å²) in [7, 11) is 0. The minimum absolute atomic E-state index is 0.177. The van der Waals surface area contributed by atoms with Crippen LogP contribution >= 0.6 is 23.2 Å². The number of nitrogens with two attached hydrogens (primary N) is 2. The Kier molecular flexibility index (Phi) is 2.31. The number of halogens is 2. The highest BCUT2D eigenvalue weighted by Crippen LogP contribution is 2.13. The van der Waals surface area contributed by atoms with E-state index in [2.05, 4.69) is 4.98 Å². The molecule has 1 rings (SSSR count). The average Bonchev–Trinajstić information content (AvgIpc) is 1.85. The van der Waals surface area contributed by atoms with Crippen molar-refractivity contribution in [1.29, 1.82) is 0 Å². The van der Waals surface area contributed by atoms with Crippen LogP contribution in [0.2, 0.25) is 10.3 Å². The van der Waals surface area contributed by atoms with Gasteiger partial charge in [0, 0.05) is 0 Å². The predicted octanol–water partition coefficient (Wildman–Crippen LogP) is -0.147. The summed E-state index contributed by atoms with van der Waals surface area (Å²) in [5.74, 6) is 0.177. The van der Waals surface area contributed by atoms with Crippen LogP contribution in [-0.4, -0.2) is 10.8 Å². The van der Waals surface area contributed by atoms with Crippen LogP contribution in [0.4, 0.5) is 0 Å². The maximum absolute atomic E-state index is 5.57. The van der Waals surface area contributed by atoms with Crippen molar-refractivity contribution in [3.05, 3.63) is 28.0 Å². The molecule has 1 aromatic heterocycles. The first-order valence-corrected chi connectivity index (χ1v) is 3.56. The Morgan fingerprint density at radius 3 is 2.18 bits per heavy atom. The Hall–Kier alpha value is -0.800. The zero-order valence-electron chi connectivity index (χ0n) is 5.51. The second-order valence-corrected chi connectivity index (χ2v) is 2.73. The van der Waals surface area contributed by atoms with Gasteiger partial charge >= 0.3 is 0 Å². The monoisotopic (exact) mass is 190 g/mol. The lowest BCUT2D eigenvalue weighted by atomic mass is 10.2. The summed E-state index contributed by atoms with van der Waals surface area (Å²) in [5, 5.41) is 5.86. The van der Waals surface area contributed by atoms with Crippen molar-refractivity contribution in [3.8, 4) is 0 Å². The van der Waals surface area contributed by atoms with Gasteiger partial charge < -0.3 is 0 Å². The predicted molar refractivity (Wildman–Crippen MR) is 44.5 cm³/mol. The molecule has 5 heteroatoms. The molecular formula is C6H6Cl2N3+. The van der Waals surface area contributed by atoms with E-state index in [1.165, 1.54) is 0 Å². The smallest absolute Gasteiger partial charge is 0.270 e. The van der Waals surface area contributed by atoms with Crippen molar-refractivity contribution >= 4 is 29.0 Å². The van der Waals surface area contributed by atoms with E-state index in [4.69, 9.17) is 34.3 Å². The maximum atomic E-state index is 5.57. The second-order valence-electron chi connectivity index (χ2n) is 1.96. The van der Waals surface area contributed by atoms with Gasteiger partial charge in [-0.15, -0.1) is 0 Å². The number of rotatable bonds is 1. The van der Waals surface area contributed by atoms with E-state index in [-0.39, 0.29) is 16.1 Å². The minimum Gasteiger partial charge on any atom is -0.287 e. The molecule has 0 radical (unpaired) electrons. The van der Waals surface area contributed by atoms with Gasteiger partial charge in [0.2, 0.25) is 0 Å². The summed E-state index contributed by atoms with van der Waals surface area (Å²) in [6.45, 7) is 0. The molecule has 0 unspecified atom stereocenters. The molecule has 3 nitrogen and oxygen atoms in total. The Bertz CT molecular complexity index is 278. The molecule has 0 saturated carbocycles. The molecule has 58 valence electrons. The van der Waals surface area contributed by atoms with Crippen LogP contribution in [0.25, 0.3) is 0 Å². The van der Waals surface area contributed by atoms with E-state index in [0.717, 1.165) is 0 Å². The summed E-state index contributed by atoms with van der Waals surface area (Å²) >= 11 is 11.1. The summed E-state index contributed by atoms with van der Waals surface area (Å²) < 4.78 is 0. The van der Waals surface area contributed by atoms with Crippen molar-refractivity contribution in [2.45, 2.75) is 0 Å². The topological polar surface area (TPSA) is 64.5 Å². The van der Waals surface area contributed by atoms with E-state index in [0.29, 0.717) is 5.56 Å². The summed E-state index contributed by atoms with van der Waals surface area (Å²) in [5.41, 5.74) is 5.89. The van der Waals surface area contributed by atoms with E-state index < -0.39 is 0 Å². The standard InChI is InChI=1S/C6H5Cl2N3/c7-4-1-3(6(9)10)2-5(8)11-4/h1-2H,(H3,9,10)/p+1. The van der Waals surface area contributed by atoms with Crippen molar-refractivity contribution < 1.29 is 5.41 Å². The fraction of sp³-hybridized carbons (Fsp3) is 0. The van der Waals surface area contributed by atoms with Gasteiger partial charge in [0.1, 0.15) is 10.3 Å². The lowest BCUT2D eigenvalue weighted by Crippen LogP contribution is -2.46. The fourth-order valence-electron chi connectivity index (χ4n) is 0.632. The zero-order chi connectivity index (χ0) is 8.43. The highest BCUT2D eigenvalue weighted by molar-refractivity contribution is 6.33. The highest BCUT2D eigenvalue weighted by Gasteiger charge is 2.04. The molecule has 0 aliphatic heterocycles. The lowest BCUT2D eigenvalue weighted by molar-refractivity contribution is -0.114. The third-order valence-corrected chi connectivity index (χ3v) is 1.48. The van der Waals surface area contributed by atoms with Crippen molar-refractivity contribution in [2.24, 2.45) is 5.73 Å². The largest absolute Gasteiger partial charge is 0.287 e. The molecule has 11 heavy (non-hydrogen) atoms. The molecule has 0 fully saturated rings. The van der Waals surface area contributed by atoms with Gasteiger partial charge in [-0.3, -0.25) is 11.1 Å². The Labute approximate surface area is 73.6 Å². The maximum Gasteiger partial charge on any atom is 0.270 e. The van der Waals surface area contributed by atoms with E-state index in [1.807, 2.05) is 0 Å². The number of nitrogens with zero attached hydrogens (tertiary/aromatic N) is 1. The van der Waals surface area contributed by atoms with Gasteiger partial charge in [-0.2, -0.15) is 0 Å². The minimum atomic E-state index is 0.177. The van der Waals surface area contributed by atoms with Crippen LogP contribution in [0.15, 0.2) is 12.1 Å². The molecular weight excluding hydrogens is 185 g/mol. The third-order valence-electron chi connectivity index (χ3n) is 1.10. The molecule has 0 amide bonds. The van der Waals surface area contributed by atoms with Gasteiger partial charge in [0.05, 0.1) is 5.56 Å². The van der Waals surface area contributed by atoms with Crippen LogP contribution in [0, 0.1) is 0 Å². The molecule has 0 spiro atoms. The van der Waals surface area contributed by atoms with Crippen molar-refractivity contribution in [2.75, 3.05) is 0 Å². The number of aromatic nitrogens is 1. The molecule has 0 saturated heterocycles. The van der Waals surface area contributed by atoms with Gasteiger partial charge in [-0.05, 0) is 12.1 Å². The first kappa shape index (κ1) is 8.30. The Morgan fingerprint density at radius 2 is 1.82 bits per heavy atom. The SMILES string of the molecule is NC(=[NH2+])c1cc(Cl)nc(Cl)c1. The first-order valence-electron chi connectivity index (χ1n) is 2.81. The van der Waals surface area contributed by atoms with Crippen LogP contribution < -0.4 is 11.1 Å². The molecule has 4 N–H and O–H groups in total. The quantitative estimate of drug-likeness (QED) is 0.368. The number of pyridine rings is 1. The summed E-state index contributed by atoms with van der Waals surface area (Å²) in [6.07, 6.45) is 0. The number of hydrogen-bond donors (Lipinski definition) is 2. The molecule has 0 aromatic carbocycles. The van der Waals surface area contributed by atoms with Crippen LogP contribution in [-0.2, 0) is 0 Å². The van der Waals surface area contributed by atoms with Crippen molar-refractivity contribution in [1.82, 2.24) is 4.98 Å². The number of hydrogen-bond acceptors (Lipinski definition) is 1. The Morgan fingerprint density at radius 1 is 1.36 bits per heavy atom. The van der Waals surface area contributed by atoms with Gasteiger partial charge in [0.25, 0.3) is 5.84 Å². The molecule has 0 aliphatic carbocycles. The summed E-state index contributed by atoms with van der Waals surface area (Å²) in [6, 6.07) is 3.09. The van der Waals surface area contributed by atoms with Crippen LogP contribution in [0.5, 0.6) is 0 Å². The fourth-order valence-corrected chi connectivity index (χ4v) is 1.09. The second kappa shape index (κ2) is 3.07. The summed E-state index contributed by atoms with van der Waals surface area (Å²) in [4.78, 5) is 3.72.